The minimum absolute atomic E-state index is 0.0313. The van der Waals surface area contributed by atoms with Crippen molar-refractivity contribution in [3.05, 3.63) is 51.2 Å². The topological polar surface area (TPSA) is 63.7 Å². The minimum Gasteiger partial charge on any atom is -0.456 e. The third-order valence-electron chi connectivity index (χ3n) is 4.24. The lowest BCUT2D eigenvalue weighted by molar-refractivity contribution is -0.147. The highest BCUT2D eigenvalue weighted by Crippen LogP contribution is 2.31. The zero-order valence-electron chi connectivity index (χ0n) is 14.2. The van der Waals surface area contributed by atoms with Crippen LogP contribution in [0.25, 0.3) is 0 Å². The van der Waals surface area contributed by atoms with Gasteiger partial charge < -0.3 is 9.64 Å². The second kappa shape index (κ2) is 8.01. The summed E-state index contributed by atoms with van der Waals surface area (Å²) in [5.74, 6) is -0.978. The van der Waals surface area contributed by atoms with Crippen LogP contribution in [0.1, 0.15) is 35.0 Å². The van der Waals surface area contributed by atoms with Crippen LogP contribution in [0, 0.1) is 0 Å². The number of ether oxygens (including phenoxy) is 1. The Morgan fingerprint density at radius 3 is 2.69 bits per heavy atom. The van der Waals surface area contributed by atoms with Gasteiger partial charge in [0.25, 0.3) is 5.91 Å². The molecule has 1 aliphatic heterocycles. The Morgan fingerprint density at radius 2 is 1.96 bits per heavy atom. The summed E-state index contributed by atoms with van der Waals surface area (Å²) in [6, 6.07) is 11.0. The van der Waals surface area contributed by atoms with E-state index in [2.05, 4.69) is 0 Å². The molecule has 1 aromatic heterocycles. The summed E-state index contributed by atoms with van der Waals surface area (Å²) in [7, 11) is 0. The first-order chi connectivity index (χ1) is 12.5. The number of para-hydroxylation sites is 1. The molecule has 26 heavy (non-hydrogen) atoms. The van der Waals surface area contributed by atoms with Crippen molar-refractivity contribution >= 4 is 46.3 Å². The van der Waals surface area contributed by atoms with Crippen molar-refractivity contribution in [1.29, 1.82) is 0 Å². The standard InChI is InChI=1S/C19H18ClNO4S/c1-12-10-13-4-2-3-5-14(13)21(12)18(23)11-25-19(24)9-6-15(22)16-7-8-17(20)26-16/h2-5,7-8,12H,6,9-11H2,1H3/t12-/m1/s1. The predicted molar refractivity (Wildman–Crippen MR) is 101 cm³/mol. The van der Waals surface area contributed by atoms with E-state index in [4.69, 9.17) is 16.3 Å². The van der Waals surface area contributed by atoms with Gasteiger partial charge in [-0.2, -0.15) is 0 Å². The molecule has 1 aliphatic rings. The van der Waals surface area contributed by atoms with Crippen LogP contribution in [-0.2, 0) is 20.7 Å². The van der Waals surface area contributed by atoms with Gasteiger partial charge >= 0.3 is 5.97 Å². The van der Waals surface area contributed by atoms with Gasteiger partial charge in [0.1, 0.15) is 0 Å². The van der Waals surface area contributed by atoms with Gasteiger partial charge in [0, 0.05) is 18.2 Å². The number of Topliss-reactive ketones (excluding diaryl/α,β-unsaturated/α-hetero) is 1. The highest BCUT2D eigenvalue weighted by Gasteiger charge is 2.30. The van der Waals surface area contributed by atoms with E-state index in [0.29, 0.717) is 9.21 Å². The Balaban J connectivity index is 1.49. The van der Waals surface area contributed by atoms with Crippen LogP contribution in [0.4, 0.5) is 5.69 Å². The molecule has 0 unspecified atom stereocenters. The first kappa shape index (κ1) is 18.6. The van der Waals surface area contributed by atoms with E-state index in [1.807, 2.05) is 31.2 Å². The average Bonchev–Trinajstić information content (AvgIpc) is 3.20. The van der Waals surface area contributed by atoms with Crippen LogP contribution in [-0.4, -0.2) is 30.3 Å². The summed E-state index contributed by atoms with van der Waals surface area (Å²) in [6.07, 6.45) is 0.758. The van der Waals surface area contributed by atoms with Gasteiger partial charge in [0.05, 0.1) is 15.6 Å². The highest BCUT2D eigenvalue weighted by molar-refractivity contribution is 7.18. The van der Waals surface area contributed by atoms with Gasteiger partial charge in [-0.15, -0.1) is 11.3 Å². The molecule has 0 fully saturated rings. The van der Waals surface area contributed by atoms with Crippen LogP contribution in [0.5, 0.6) is 0 Å². The molecular formula is C19H18ClNO4S. The number of anilines is 1. The molecule has 0 saturated carbocycles. The van der Waals surface area contributed by atoms with E-state index in [9.17, 15) is 14.4 Å². The molecule has 0 radical (unpaired) electrons. The number of carbonyl (C=O) groups excluding carboxylic acids is 3. The quantitative estimate of drug-likeness (QED) is 0.553. The number of benzene rings is 1. The fourth-order valence-corrected chi connectivity index (χ4v) is 4.04. The Labute approximate surface area is 160 Å². The van der Waals surface area contributed by atoms with Crippen molar-refractivity contribution in [1.82, 2.24) is 0 Å². The highest BCUT2D eigenvalue weighted by atomic mass is 35.5. The summed E-state index contributed by atoms with van der Waals surface area (Å²) in [5.41, 5.74) is 1.98. The van der Waals surface area contributed by atoms with Crippen molar-refractivity contribution in [2.75, 3.05) is 11.5 Å². The maximum Gasteiger partial charge on any atom is 0.306 e. The molecule has 3 rings (SSSR count). The summed E-state index contributed by atoms with van der Waals surface area (Å²) in [6.45, 7) is 1.64. The molecule has 2 heterocycles. The average molecular weight is 392 g/mol. The Bertz CT molecular complexity index is 848. The van der Waals surface area contributed by atoms with Gasteiger partial charge in [-0.3, -0.25) is 14.4 Å². The number of hydrogen-bond acceptors (Lipinski definition) is 5. The third kappa shape index (κ3) is 4.14. The van der Waals surface area contributed by atoms with E-state index in [0.717, 1.165) is 17.7 Å². The first-order valence-corrected chi connectivity index (χ1v) is 9.49. The fourth-order valence-electron chi connectivity index (χ4n) is 3.03. The SMILES string of the molecule is C[C@@H]1Cc2ccccc2N1C(=O)COC(=O)CCC(=O)c1ccc(Cl)s1. The van der Waals surface area contributed by atoms with E-state index >= 15 is 0 Å². The Morgan fingerprint density at radius 1 is 1.19 bits per heavy atom. The van der Waals surface area contributed by atoms with Gasteiger partial charge in [-0.25, -0.2) is 0 Å². The number of carbonyl (C=O) groups is 3. The van der Waals surface area contributed by atoms with E-state index < -0.39 is 5.97 Å². The molecule has 2 aromatic rings. The molecule has 0 N–H and O–H groups in total. The number of fused-ring (bicyclic) bond motifs is 1. The van der Waals surface area contributed by atoms with Gasteiger partial charge in [-0.05, 0) is 37.1 Å². The Hall–Kier alpha value is -2.18. The number of amides is 1. The number of thiophene rings is 1. The van der Waals surface area contributed by atoms with Gasteiger partial charge in [0.2, 0.25) is 0 Å². The smallest absolute Gasteiger partial charge is 0.306 e. The van der Waals surface area contributed by atoms with Crippen molar-refractivity contribution < 1.29 is 19.1 Å². The predicted octanol–water partition coefficient (Wildman–Crippen LogP) is 3.89. The van der Waals surface area contributed by atoms with Crippen molar-refractivity contribution in [3.8, 4) is 0 Å². The van der Waals surface area contributed by atoms with Crippen molar-refractivity contribution in [2.24, 2.45) is 0 Å². The second-order valence-electron chi connectivity index (χ2n) is 6.13. The molecular weight excluding hydrogens is 374 g/mol. The lowest BCUT2D eigenvalue weighted by Gasteiger charge is -2.22. The molecule has 1 aromatic carbocycles. The van der Waals surface area contributed by atoms with Crippen LogP contribution < -0.4 is 4.90 Å². The zero-order chi connectivity index (χ0) is 18.7. The van der Waals surface area contributed by atoms with Crippen LogP contribution >= 0.6 is 22.9 Å². The maximum absolute atomic E-state index is 12.5. The lowest BCUT2D eigenvalue weighted by atomic mass is 10.1. The number of ketones is 1. The number of halogens is 1. The monoisotopic (exact) mass is 391 g/mol. The molecule has 5 nitrogen and oxygen atoms in total. The summed E-state index contributed by atoms with van der Waals surface area (Å²) < 4.78 is 5.60. The first-order valence-electron chi connectivity index (χ1n) is 8.30. The maximum atomic E-state index is 12.5. The molecule has 136 valence electrons. The van der Waals surface area contributed by atoms with Crippen molar-refractivity contribution in [2.45, 2.75) is 32.2 Å². The van der Waals surface area contributed by atoms with Gasteiger partial charge in [-0.1, -0.05) is 29.8 Å². The molecule has 7 heteroatoms. The van der Waals surface area contributed by atoms with Crippen LogP contribution in [0.2, 0.25) is 4.34 Å². The second-order valence-corrected chi connectivity index (χ2v) is 7.85. The normalized spacial score (nSPS) is 15.6. The summed E-state index contributed by atoms with van der Waals surface area (Å²) >= 11 is 6.97. The number of hydrogen-bond donors (Lipinski definition) is 0. The molecule has 1 amide bonds. The minimum atomic E-state index is -0.561. The van der Waals surface area contributed by atoms with E-state index in [-0.39, 0.29) is 37.2 Å². The fraction of sp³-hybridized carbons (Fsp3) is 0.316. The molecule has 0 spiro atoms. The van der Waals surface area contributed by atoms with E-state index in [1.54, 1.807) is 17.0 Å². The molecule has 0 aliphatic carbocycles. The molecule has 0 bridgehead atoms. The van der Waals surface area contributed by atoms with E-state index in [1.165, 1.54) is 11.3 Å². The zero-order valence-corrected chi connectivity index (χ0v) is 15.8. The third-order valence-corrected chi connectivity index (χ3v) is 5.51. The summed E-state index contributed by atoms with van der Waals surface area (Å²) in [4.78, 5) is 38.5. The van der Waals surface area contributed by atoms with Gasteiger partial charge in [0.15, 0.2) is 12.4 Å². The van der Waals surface area contributed by atoms with Crippen LogP contribution in [0.15, 0.2) is 36.4 Å². The lowest BCUT2D eigenvalue weighted by Crippen LogP contribution is -2.38. The number of esters is 1. The summed E-state index contributed by atoms with van der Waals surface area (Å²) in [5, 5.41) is 0. The Kier molecular flexibility index (Phi) is 5.74. The van der Waals surface area contributed by atoms with Crippen LogP contribution in [0.3, 0.4) is 0 Å². The number of rotatable bonds is 6. The molecule has 1 atom stereocenters. The molecule has 0 saturated heterocycles. The largest absolute Gasteiger partial charge is 0.456 e. The number of nitrogens with zero attached hydrogens (tertiary/aromatic N) is 1. The van der Waals surface area contributed by atoms with Crippen molar-refractivity contribution in [3.63, 3.8) is 0 Å².